The van der Waals surface area contributed by atoms with E-state index in [4.69, 9.17) is 42.1 Å². The molecule has 7 saturated heterocycles. The van der Waals surface area contributed by atoms with Gasteiger partial charge in [-0.2, -0.15) is 5.10 Å². The third kappa shape index (κ3) is 19.0. The van der Waals surface area contributed by atoms with Gasteiger partial charge in [0.1, 0.15) is 34.2 Å². The lowest BCUT2D eigenvalue weighted by atomic mass is 10.0. The molecule has 21 heterocycles. The van der Waals surface area contributed by atoms with Crippen LogP contribution in [0.5, 0.6) is 23.4 Å². The van der Waals surface area contributed by atoms with Crippen LogP contribution in [0, 0.1) is 0 Å². The Kier molecular flexibility index (Phi) is 28.8. The first-order chi connectivity index (χ1) is 59.5. The molecule has 27 nitrogen and oxygen atoms in total. The van der Waals surface area contributed by atoms with Crippen LogP contribution in [0.15, 0.2) is 142 Å². The number of nitrogens with one attached hydrogen (secondary N) is 1. The number of nitrogens with zero attached hydrogens (tertiary/aromatic N) is 22. The number of hydrogen-bond acceptors (Lipinski definition) is 27. The van der Waals surface area contributed by atoms with E-state index in [1.807, 2.05) is 111 Å². The topological polar surface area (TPSA) is 246 Å². The first kappa shape index (κ1) is 86.9. The molecule has 0 saturated carbocycles. The van der Waals surface area contributed by atoms with Crippen molar-refractivity contribution in [1.82, 2.24) is 99.3 Å². The molecule has 1 N–H and O–H groups in total. The second kappa shape index (κ2) is 40.5. The van der Waals surface area contributed by atoms with Crippen LogP contribution >= 0.6 is 23.2 Å². The Balaban J connectivity index is 0.000000111. The van der Waals surface area contributed by atoms with Gasteiger partial charge in [0.05, 0.1) is 56.0 Å². The van der Waals surface area contributed by atoms with Crippen LogP contribution < -0.4 is 34.1 Å². The van der Waals surface area contributed by atoms with E-state index in [1.165, 1.54) is 148 Å². The van der Waals surface area contributed by atoms with Crippen molar-refractivity contribution in [2.45, 2.75) is 132 Å². The van der Waals surface area contributed by atoms with Crippen molar-refractivity contribution in [3.63, 3.8) is 0 Å². The van der Waals surface area contributed by atoms with E-state index < -0.39 is 0 Å². The van der Waals surface area contributed by atoms with E-state index in [1.54, 1.807) is 39.9 Å². The van der Waals surface area contributed by atoms with Gasteiger partial charge in [0.25, 0.3) is 0 Å². The smallest absolute Gasteiger partial charge is 0.239 e. The number of fused-ring (bicyclic) bond motifs is 7. The normalized spacial score (nSPS) is 21.8. The molecular formula is C93H117Cl2N23O4. The molecule has 9 aliphatic rings. The lowest BCUT2D eigenvalue weighted by molar-refractivity contribution is 0.284. The van der Waals surface area contributed by atoms with Crippen molar-refractivity contribution < 1.29 is 18.9 Å². The summed E-state index contributed by atoms with van der Waals surface area (Å²) >= 11 is 12.2. The molecule has 12 aromatic heterocycles. The molecule has 0 amide bonds. The van der Waals surface area contributed by atoms with Crippen LogP contribution in [-0.2, 0) is 0 Å². The minimum absolute atomic E-state index is 0.391. The van der Waals surface area contributed by atoms with Crippen molar-refractivity contribution in [1.29, 1.82) is 0 Å². The summed E-state index contributed by atoms with van der Waals surface area (Å²) in [4.78, 5) is 69.0. The van der Waals surface area contributed by atoms with E-state index in [9.17, 15) is 0 Å². The average molecular weight is 1690 g/mol. The predicted molar refractivity (Wildman–Crippen MR) is 486 cm³/mol. The van der Waals surface area contributed by atoms with Crippen molar-refractivity contribution >= 4 is 94.5 Å². The number of pyridine rings is 11. The van der Waals surface area contributed by atoms with Crippen molar-refractivity contribution in [2.75, 3.05) is 172 Å². The number of anilines is 3. The van der Waals surface area contributed by atoms with Crippen LogP contribution in [0.1, 0.15) is 171 Å². The largest absolute Gasteiger partial charge is 0.489 e. The molecule has 9 aliphatic heterocycles. The molecule has 0 unspecified atom stereocenters. The SMILES string of the molecule is CN1CCC[C@H]1c1cnc(Cl)c2cccnc12.CN1CCC[C@H]1c1cnc(Cl)c2ncccc12.CN1CCC[C@H]1c1cncc2c1OCCN2.CN1CCC[C@H]1c1cncc2cnccc12.COc1ncc([C@@H]2CCCN2C)c2c1N(C)CCN2C.COc1ncc([C@@H]2CCCN2C)c2cnccc12.COc1ncc([C@@H]2CCCN2C)c2nnccc12. The number of likely N-dealkylation sites (N-methyl/N-ethyl adjacent to an activating group) is 2. The van der Waals surface area contributed by atoms with E-state index in [-0.39, 0.29) is 0 Å². The standard InChI is InChI=1S/C15H24N4O.C14H17N3O.2C13H14ClN3.C13H16N4O.C13H15N3.C12H17N3O/c1-17-7-5-6-12(17)11-10-16-15(20-4)14-13(11)18(2)8-9-19(14)3;1-17-7-3-4-13(17)12-9-16-14(18-2)10-5-6-15-8-11(10)12;1-17-7-3-5-11(17)10-8-16-13(14)9-4-2-6-15-12(9)10;1-17-7-3-5-11(17)10-8-16-13(14)12-9(10)4-2-6-15-12;1-17-7-3-4-11(17)10-8-14-13(18-2)9-5-6-15-16-12(9)10;1-16-6-2-3-13(16)12-9-15-8-10-7-14-5-4-11(10)12;1-15-5-2-3-11(15)9-7-13-8-10-12(9)16-6-4-14-10/h10,12H,5-9H2,1-4H3;5-6,8-9,13H,3-4,7H2,1-2H3;2*2,4,6,8,11H,3,5,7H2,1H3;5-6,8,11H,3-4,7H2,1-2H3;4-5,7-9,13H,2-3,6H2,1H3;7-8,11,14H,2-6H2,1H3/t12-;13-;3*11-;13-;11-/m0000000/s1. The van der Waals surface area contributed by atoms with Crippen LogP contribution in [-0.4, -0.2) is 256 Å². The number of aromatic nitrogens is 13. The van der Waals surface area contributed by atoms with Gasteiger partial charge in [-0.25, -0.2) is 24.9 Å². The average Bonchev–Trinajstić information content (AvgIpc) is 0.873. The third-order valence-corrected chi connectivity index (χ3v) is 26.5. The fourth-order valence-corrected chi connectivity index (χ4v) is 19.8. The highest BCUT2D eigenvalue weighted by atomic mass is 35.5. The summed E-state index contributed by atoms with van der Waals surface area (Å²) < 4.78 is 21.9. The lowest BCUT2D eigenvalue weighted by Crippen LogP contribution is -2.38. The van der Waals surface area contributed by atoms with Gasteiger partial charge in [-0.3, -0.25) is 64.2 Å². The number of hydrogen-bond donors (Lipinski definition) is 1. The fraction of sp³-hybridized carbons (Fsp3) is 0.473. The molecule has 0 aromatic carbocycles. The summed E-state index contributed by atoms with van der Waals surface area (Å²) in [6.45, 7) is 11.8. The Hall–Kier alpha value is -10.1. The van der Waals surface area contributed by atoms with Gasteiger partial charge in [-0.05, 0) is 244 Å². The zero-order chi connectivity index (χ0) is 84.9. The molecule has 0 bridgehead atoms. The molecule has 7 fully saturated rings. The molecular weight excluding hydrogens is 1570 g/mol. The van der Waals surface area contributed by atoms with Gasteiger partial charge in [0, 0.05) is 212 Å². The molecule has 0 radical (unpaired) electrons. The summed E-state index contributed by atoms with van der Waals surface area (Å²) in [6.07, 6.45) is 47.1. The summed E-state index contributed by atoms with van der Waals surface area (Å²) in [5, 5.41) is 20.3. The van der Waals surface area contributed by atoms with Gasteiger partial charge >= 0.3 is 0 Å². The number of halogens is 2. The fourth-order valence-electron chi connectivity index (χ4n) is 19.4. The van der Waals surface area contributed by atoms with E-state index in [2.05, 4.69) is 190 Å². The van der Waals surface area contributed by atoms with Crippen LogP contribution in [0.3, 0.4) is 0 Å². The maximum absolute atomic E-state index is 6.11. The summed E-state index contributed by atoms with van der Waals surface area (Å²) in [5.74, 6) is 3.04. The molecule has 7 atom stereocenters. The van der Waals surface area contributed by atoms with Crippen molar-refractivity contribution in [3.8, 4) is 23.4 Å². The highest BCUT2D eigenvalue weighted by molar-refractivity contribution is 6.34. The zero-order valence-corrected chi connectivity index (χ0v) is 74.2. The number of likely N-dealkylation sites (tertiary alicyclic amines) is 7. The molecule has 21 rings (SSSR count). The Bertz CT molecular complexity index is 5340. The maximum Gasteiger partial charge on any atom is 0.239 e. The Morgan fingerprint density at radius 2 is 0.770 bits per heavy atom. The second-order valence-corrected chi connectivity index (χ2v) is 34.1. The predicted octanol–water partition coefficient (Wildman–Crippen LogP) is 16.1. The van der Waals surface area contributed by atoms with Gasteiger partial charge in [-0.1, -0.05) is 29.3 Å². The summed E-state index contributed by atoms with van der Waals surface area (Å²) in [7, 11) is 24.5. The molecule has 0 aliphatic carbocycles. The van der Waals surface area contributed by atoms with Crippen molar-refractivity contribution in [3.05, 3.63) is 191 Å². The highest BCUT2D eigenvalue weighted by Crippen LogP contribution is 2.48. The monoisotopic (exact) mass is 1690 g/mol. The van der Waals surface area contributed by atoms with Crippen molar-refractivity contribution in [2.24, 2.45) is 0 Å². The first-order valence-corrected chi connectivity index (χ1v) is 43.9. The minimum atomic E-state index is 0.391. The summed E-state index contributed by atoms with van der Waals surface area (Å²) in [5.41, 5.74) is 15.0. The van der Waals surface area contributed by atoms with Crippen LogP contribution in [0.25, 0.3) is 54.3 Å². The highest BCUT2D eigenvalue weighted by Gasteiger charge is 2.35. The summed E-state index contributed by atoms with van der Waals surface area (Å²) in [6, 6.07) is 17.1. The Morgan fingerprint density at radius 1 is 0.344 bits per heavy atom. The van der Waals surface area contributed by atoms with Gasteiger partial charge in [0.15, 0.2) is 5.15 Å². The minimum Gasteiger partial charge on any atom is -0.489 e. The van der Waals surface area contributed by atoms with E-state index in [0.29, 0.717) is 64.4 Å². The second-order valence-electron chi connectivity index (χ2n) is 33.4. The lowest BCUT2D eigenvalue weighted by Gasteiger charge is -2.38. The third-order valence-electron chi connectivity index (χ3n) is 26.0. The van der Waals surface area contributed by atoms with Crippen LogP contribution in [0.2, 0.25) is 10.3 Å². The van der Waals surface area contributed by atoms with Crippen LogP contribution in [0.4, 0.5) is 17.1 Å². The molecule has 0 spiro atoms. The maximum atomic E-state index is 6.11. The molecule has 12 aromatic rings. The molecule has 122 heavy (non-hydrogen) atoms. The van der Waals surface area contributed by atoms with E-state index in [0.717, 1.165) is 136 Å². The number of rotatable bonds is 10. The van der Waals surface area contributed by atoms with Gasteiger partial charge in [-0.15, -0.1) is 5.10 Å². The van der Waals surface area contributed by atoms with E-state index >= 15 is 0 Å². The van der Waals surface area contributed by atoms with Gasteiger partial charge < -0.3 is 34.1 Å². The quantitative estimate of drug-likeness (QED) is 0.125. The van der Waals surface area contributed by atoms with Gasteiger partial charge in [0.2, 0.25) is 17.6 Å². The first-order valence-electron chi connectivity index (χ1n) is 43.1. The number of methoxy groups -OCH3 is 3. The molecule has 642 valence electrons. The number of ether oxygens (including phenoxy) is 4. The molecule has 29 heteroatoms. The Morgan fingerprint density at radius 3 is 1.35 bits per heavy atom. The zero-order valence-electron chi connectivity index (χ0n) is 72.7. The Labute approximate surface area is 726 Å².